The average molecular weight is 260 g/mol. The Balaban J connectivity index is 1.87. The Morgan fingerprint density at radius 2 is 1.79 bits per heavy atom. The van der Waals surface area contributed by atoms with Crippen molar-refractivity contribution < 1.29 is 4.79 Å². The van der Waals surface area contributed by atoms with Gasteiger partial charge in [0.2, 0.25) is 5.91 Å². The monoisotopic (exact) mass is 260 g/mol. The fourth-order valence-corrected chi connectivity index (χ4v) is 2.54. The van der Waals surface area contributed by atoms with Gasteiger partial charge in [-0.1, -0.05) is 26.0 Å². The fraction of sp³-hybridized carbons (Fsp3) is 0.562. The minimum absolute atomic E-state index is 0.194. The van der Waals surface area contributed by atoms with E-state index in [1.54, 1.807) is 6.92 Å². The number of carbonyl (C=O) groups is 1. The summed E-state index contributed by atoms with van der Waals surface area (Å²) in [6.07, 6.45) is 2.07. The summed E-state index contributed by atoms with van der Waals surface area (Å²) in [6, 6.07) is 9.19. The van der Waals surface area contributed by atoms with E-state index in [1.807, 2.05) is 4.90 Å². The van der Waals surface area contributed by atoms with Gasteiger partial charge in [-0.3, -0.25) is 4.79 Å². The molecule has 0 radical (unpaired) electrons. The van der Waals surface area contributed by atoms with E-state index in [9.17, 15) is 4.79 Å². The summed E-state index contributed by atoms with van der Waals surface area (Å²) < 4.78 is 0. The molecular formula is C16H24N2O. The molecule has 1 aliphatic heterocycles. The number of rotatable bonds is 3. The maximum atomic E-state index is 11.3. The summed E-state index contributed by atoms with van der Waals surface area (Å²) in [7, 11) is 0. The maximum Gasteiger partial charge on any atom is 0.219 e. The van der Waals surface area contributed by atoms with Crippen LogP contribution >= 0.6 is 0 Å². The molecule has 0 atom stereocenters. The highest BCUT2D eigenvalue weighted by Gasteiger charge is 2.20. The third-order valence-corrected chi connectivity index (χ3v) is 3.89. The lowest BCUT2D eigenvalue weighted by atomic mass is 10.0. The van der Waals surface area contributed by atoms with Crippen LogP contribution in [0, 0.1) is 0 Å². The zero-order valence-electron chi connectivity index (χ0n) is 12.1. The van der Waals surface area contributed by atoms with Crippen LogP contribution in [-0.2, 0) is 4.79 Å². The molecule has 1 saturated heterocycles. The van der Waals surface area contributed by atoms with E-state index < -0.39 is 0 Å². The minimum Gasteiger partial charge on any atom is -0.382 e. The first-order valence-corrected chi connectivity index (χ1v) is 7.18. The van der Waals surface area contributed by atoms with Gasteiger partial charge in [0, 0.05) is 31.7 Å². The van der Waals surface area contributed by atoms with Crippen molar-refractivity contribution in [2.24, 2.45) is 0 Å². The molecule has 1 aromatic rings. The number of benzene rings is 1. The van der Waals surface area contributed by atoms with E-state index in [-0.39, 0.29) is 5.91 Å². The van der Waals surface area contributed by atoms with E-state index >= 15 is 0 Å². The second-order valence-electron chi connectivity index (χ2n) is 5.70. The number of anilines is 1. The Hall–Kier alpha value is -1.51. The summed E-state index contributed by atoms with van der Waals surface area (Å²) in [5, 5.41) is 3.57. The van der Waals surface area contributed by atoms with Gasteiger partial charge >= 0.3 is 0 Å². The number of nitrogens with zero attached hydrogens (tertiary/aromatic N) is 1. The highest BCUT2D eigenvalue weighted by molar-refractivity contribution is 5.73. The molecule has 0 saturated carbocycles. The summed E-state index contributed by atoms with van der Waals surface area (Å²) in [5.41, 5.74) is 2.56. The second-order valence-corrected chi connectivity index (χ2v) is 5.70. The predicted molar refractivity (Wildman–Crippen MR) is 79.4 cm³/mol. The average Bonchev–Trinajstić information content (AvgIpc) is 2.40. The van der Waals surface area contributed by atoms with E-state index in [0.717, 1.165) is 25.9 Å². The maximum absolute atomic E-state index is 11.3. The minimum atomic E-state index is 0.194. The Morgan fingerprint density at radius 1 is 1.21 bits per heavy atom. The van der Waals surface area contributed by atoms with Gasteiger partial charge in [-0.05, 0) is 36.5 Å². The largest absolute Gasteiger partial charge is 0.382 e. The molecule has 1 aliphatic rings. The molecule has 1 fully saturated rings. The molecule has 1 heterocycles. The number of hydrogen-bond donors (Lipinski definition) is 1. The predicted octanol–water partition coefficient (Wildman–Crippen LogP) is 3.23. The van der Waals surface area contributed by atoms with Crippen molar-refractivity contribution in [1.82, 2.24) is 4.90 Å². The van der Waals surface area contributed by atoms with Crippen molar-refractivity contribution in [2.45, 2.75) is 45.6 Å². The van der Waals surface area contributed by atoms with Gasteiger partial charge in [-0.25, -0.2) is 0 Å². The van der Waals surface area contributed by atoms with Crippen molar-refractivity contribution in [1.29, 1.82) is 0 Å². The molecular weight excluding hydrogens is 236 g/mol. The first-order chi connectivity index (χ1) is 9.06. The van der Waals surface area contributed by atoms with E-state index in [1.165, 1.54) is 11.3 Å². The molecule has 0 spiro atoms. The number of likely N-dealkylation sites (tertiary alicyclic amines) is 1. The normalized spacial score (nSPS) is 16.7. The number of carbonyl (C=O) groups excluding carboxylic acids is 1. The quantitative estimate of drug-likeness (QED) is 0.905. The van der Waals surface area contributed by atoms with Crippen LogP contribution in [0.3, 0.4) is 0 Å². The Bertz CT molecular complexity index is 417. The van der Waals surface area contributed by atoms with Crippen LogP contribution in [0.15, 0.2) is 24.3 Å². The number of hydrogen-bond acceptors (Lipinski definition) is 2. The second kappa shape index (κ2) is 6.09. The molecule has 0 aromatic heterocycles. The van der Waals surface area contributed by atoms with Crippen LogP contribution in [0.25, 0.3) is 0 Å². The molecule has 0 bridgehead atoms. The molecule has 0 aliphatic carbocycles. The Morgan fingerprint density at radius 3 is 2.26 bits per heavy atom. The fourth-order valence-electron chi connectivity index (χ4n) is 2.54. The van der Waals surface area contributed by atoms with Gasteiger partial charge < -0.3 is 10.2 Å². The lowest BCUT2D eigenvalue weighted by Crippen LogP contribution is -2.41. The number of nitrogens with one attached hydrogen (secondary N) is 1. The summed E-state index contributed by atoms with van der Waals surface area (Å²) in [4.78, 5) is 13.2. The van der Waals surface area contributed by atoms with Crippen molar-refractivity contribution in [3.8, 4) is 0 Å². The SMILES string of the molecule is CC(=O)N1CCC(Nc2ccc(C(C)C)cc2)CC1. The molecule has 0 unspecified atom stereocenters. The lowest BCUT2D eigenvalue weighted by molar-refractivity contribution is -0.129. The van der Waals surface area contributed by atoms with E-state index in [0.29, 0.717) is 12.0 Å². The van der Waals surface area contributed by atoms with Crippen LogP contribution in [0.5, 0.6) is 0 Å². The summed E-state index contributed by atoms with van der Waals surface area (Å²) in [6.45, 7) is 7.81. The van der Waals surface area contributed by atoms with Crippen molar-refractivity contribution in [3.05, 3.63) is 29.8 Å². The van der Waals surface area contributed by atoms with E-state index in [2.05, 4.69) is 43.4 Å². The Labute approximate surface area is 116 Å². The van der Waals surface area contributed by atoms with Crippen LogP contribution in [0.1, 0.15) is 45.1 Å². The molecule has 1 amide bonds. The highest BCUT2D eigenvalue weighted by atomic mass is 16.2. The number of piperidine rings is 1. The van der Waals surface area contributed by atoms with Gasteiger partial charge in [0.25, 0.3) is 0 Å². The summed E-state index contributed by atoms with van der Waals surface area (Å²) in [5.74, 6) is 0.771. The van der Waals surface area contributed by atoms with Crippen LogP contribution in [0.2, 0.25) is 0 Å². The highest BCUT2D eigenvalue weighted by Crippen LogP contribution is 2.20. The van der Waals surface area contributed by atoms with Crippen LogP contribution in [0.4, 0.5) is 5.69 Å². The van der Waals surface area contributed by atoms with Gasteiger partial charge in [-0.15, -0.1) is 0 Å². The number of amides is 1. The molecule has 1 N–H and O–H groups in total. The van der Waals surface area contributed by atoms with Crippen molar-refractivity contribution in [3.63, 3.8) is 0 Å². The molecule has 1 aromatic carbocycles. The van der Waals surface area contributed by atoms with Gasteiger partial charge in [0.1, 0.15) is 0 Å². The first-order valence-electron chi connectivity index (χ1n) is 7.18. The van der Waals surface area contributed by atoms with Crippen molar-refractivity contribution >= 4 is 11.6 Å². The Kier molecular flexibility index (Phi) is 4.46. The summed E-state index contributed by atoms with van der Waals surface area (Å²) >= 11 is 0. The van der Waals surface area contributed by atoms with E-state index in [4.69, 9.17) is 0 Å². The molecule has 104 valence electrons. The third kappa shape index (κ3) is 3.72. The zero-order valence-corrected chi connectivity index (χ0v) is 12.1. The molecule has 3 nitrogen and oxygen atoms in total. The van der Waals surface area contributed by atoms with Gasteiger partial charge in [-0.2, -0.15) is 0 Å². The first kappa shape index (κ1) is 13.9. The topological polar surface area (TPSA) is 32.3 Å². The third-order valence-electron chi connectivity index (χ3n) is 3.89. The van der Waals surface area contributed by atoms with Gasteiger partial charge in [0.05, 0.1) is 0 Å². The van der Waals surface area contributed by atoms with Crippen LogP contribution < -0.4 is 5.32 Å². The van der Waals surface area contributed by atoms with Crippen LogP contribution in [-0.4, -0.2) is 29.9 Å². The molecule has 2 rings (SSSR count). The molecule has 3 heteroatoms. The lowest BCUT2D eigenvalue weighted by Gasteiger charge is -2.32. The molecule has 19 heavy (non-hydrogen) atoms. The van der Waals surface area contributed by atoms with Gasteiger partial charge in [0.15, 0.2) is 0 Å². The standard InChI is InChI=1S/C16H24N2O/c1-12(2)14-4-6-15(7-5-14)17-16-8-10-18(11-9-16)13(3)19/h4-7,12,16-17H,8-11H2,1-3H3. The zero-order chi connectivity index (χ0) is 13.8. The smallest absolute Gasteiger partial charge is 0.219 e. The van der Waals surface area contributed by atoms with Crippen molar-refractivity contribution in [2.75, 3.05) is 18.4 Å².